The highest BCUT2D eigenvalue weighted by molar-refractivity contribution is 7.12. The SMILES string of the molecule is CN(C)C(=O)CNC(=O)c1cc(NC(=O)c2cccs2)n(C)n1. The van der Waals surface area contributed by atoms with E-state index >= 15 is 0 Å². The molecule has 8 nitrogen and oxygen atoms in total. The summed E-state index contributed by atoms with van der Waals surface area (Å²) in [7, 11) is 4.83. The minimum atomic E-state index is -0.479. The molecule has 0 aliphatic rings. The van der Waals surface area contributed by atoms with Crippen molar-refractivity contribution in [3.63, 3.8) is 0 Å². The average Bonchev–Trinajstić information content (AvgIpc) is 3.15. The number of rotatable bonds is 5. The van der Waals surface area contributed by atoms with E-state index in [1.165, 1.54) is 27.0 Å². The molecule has 0 saturated heterocycles. The third kappa shape index (κ3) is 4.16. The fraction of sp³-hybridized carbons (Fsp3) is 0.286. The summed E-state index contributed by atoms with van der Waals surface area (Å²) in [6.45, 7) is -0.112. The van der Waals surface area contributed by atoms with Gasteiger partial charge in [-0.1, -0.05) is 6.07 Å². The van der Waals surface area contributed by atoms with E-state index in [1.54, 1.807) is 38.7 Å². The number of thiophene rings is 1. The molecule has 2 rings (SSSR count). The molecular weight excluding hydrogens is 318 g/mol. The van der Waals surface area contributed by atoms with Crippen molar-refractivity contribution in [2.45, 2.75) is 0 Å². The summed E-state index contributed by atoms with van der Waals surface area (Å²) >= 11 is 1.32. The molecule has 9 heteroatoms. The van der Waals surface area contributed by atoms with E-state index in [4.69, 9.17) is 0 Å². The summed E-state index contributed by atoms with van der Waals surface area (Å²) in [5.74, 6) is -0.571. The Bertz CT molecular complexity index is 721. The van der Waals surface area contributed by atoms with Crippen molar-refractivity contribution >= 4 is 34.9 Å². The maximum atomic E-state index is 12.0. The molecule has 0 aliphatic carbocycles. The van der Waals surface area contributed by atoms with Gasteiger partial charge in [-0.25, -0.2) is 0 Å². The van der Waals surface area contributed by atoms with E-state index < -0.39 is 5.91 Å². The van der Waals surface area contributed by atoms with Crippen LogP contribution in [0.4, 0.5) is 5.82 Å². The second-order valence-electron chi connectivity index (χ2n) is 4.94. The minimum Gasteiger partial charge on any atom is -0.347 e. The smallest absolute Gasteiger partial charge is 0.272 e. The highest BCUT2D eigenvalue weighted by atomic mass is 32.1. The van der Waals surface area contributed by atoms with Crippen LogP contribution in [0.15, 0.2) is 23.6 Å². The molecule has 0 saturated carbocycles. The van der Waals surface area contributed by atoms with E-state index in [1.807, 2.05) is 0 Å². The third-order valence-electron chi connectivity index (χ3n) is 3.00. The van der Waals surface area contributed by atoms with E-state index in [-0.39, 0.29) is 24.1 Å². The normalized spacial score (nSPS) is 10.2. The van der Waals surface area contributed by atoms with Gasteiger partial charge >= 0.3 is 0 Å². The number of carbonyl (C=O) groups is 3. The van der Waals surface area contributed by atoms with Gasteiger partial charge in [0, 0.05) is 27.2 Å². The molecule has 0 atom stereocenters. The van der Waals surface area contributed by atoms with Crippen molar-refractivity contribution in [2.24, 2.45) is 7.05 Å². The Morgan fingerprint density at radius 3 is 2.65 bits per heavy atom. The topological polar surface area (TPSA) is 96.3 Å². The summed E-state index contributed by atoms with van der Waals surface area (Å²) in [6.07, 6.45) is 0. The number of amides is 3. The van der Waals surface area contributed by atoms with Gasteiger partial charge in [0.05, 0.1) is 11.4 Å². The lowest BCUT2D eigenvalue weighted by Crippen LogP contribution is -2.36. The predicted octanol–water partition coefficient (Wildman–Crippen LogP) is 0.552. The second-order valence-corrected chi connectivity index (χ2v) is 5.89. The van der Waals surface area contributed by atoms with Crippen LogP contribution in [0.5, 0.6) is 0 Å². The summed E-state index contributed by atoms with van der Waals surface area (Å²) in [5.41, 5.74) is 0.125. The maximum Gasteiger partial charge on any atom is 0.272 e. The molecule has 2 heterocycles. The van der Waals surface area contributed by atoms with E-state index in [9.17, 15) is 14.4 Å². The molecule has 0 fully saturated rings. The Labute approximate surface area is 137 Å². The first-order valence-corrected chi connectivity index (χ1v) is 7.63. The monoisotopic (exact) mass is 335 g/mol. The second kappa shape index (κ2) is 7.05. The van der Waals surface area contributed by atoms with Crippen LogP contribution in [-0.4, -0.2) is 53.0 Å². The number of hydrogen-bond acceptors (Lipinski definition) is 5. The molecule has 122 valence electrons. The van der Waals surface area contributed by atoms with E-state index in [0.717, 1.165) is 0 Å². The average molecular weight is 335 g/mol. The molecule has 0 unspecified atom stereocenters. The molecular formula is C14H17N5O3S. The van der Waals surface area contributed by atoms with Crippen LogP contribution < -0.4 is 10.6 Å². The number of aromatic nitrogens is 2. The van der Waals surface area contributed by atoms with Crippen LogP contribution >= 0.6 is 11.3 Å². The molecule has 2 aromatic rings. The van der Waals surface area contributed by atoms with Gasteiger partial charge in [-0.05, 0) is 11.4 Å². The van der Waals surface area contributed by atoms with Crippen LogP contribution in [0.25, 0.3) is 0 Å². The quantitative estimate of drug-likeness (QED) is 0.834. The first-order valence-electron chi connectivity index (χ1n) is 6.75. The number of likely N-dealkylation sites (N-methyl/N-ethyl adjacent to an activating group) is 1. The Balaban J connectivity index is 2.01. The van der Waals surface area contributed by atoms with Gasteiger partial charge in [-0.3, -0.25) is 19.1 Å². The predicted molar refractivity (Wildman–Crippen MR) is 86.5 cm³/mol. The van der Waals surface area contributed by atoms with Crippen LogP contribution in [0.3, 0.4) is 0 Å². The number of nitrogens with zero attached hydrogens (tertiary/aromatic N) is 3. The van der Waals surface area contributed by atoms with Crippen molar-refractivity contribution < 1.29 is 14.4 Å². The summed E-state index contributed by atoms with van der Waals surface area (Å²) in [4.78, 5) is 37.4. The van der Waals surface area contributed by atoms with Crippen LogP contribution in [0, 0.1) is 0 Å². The van der Waals surface area contributed by atoms with Gasteiger partial charge < -0.3 is 15.5 Å². The first kappa shape index (κ1) is 16.7. The molecule has 0 aromatic carbocycles. The molecule has 23 heavy (non-hydrogen) atoms. The minimum absolute atomic E-state index is 0.112. The van der Waals surface area contributed by atoms with Gasteiger partial charge in [0.15, 0.2) is 5.69 Å². The van der Waals surface area contributed by atoms with E-state index in [2.05, 4.69) is 15.7 Å². The van der Waals surface area contributed by atoms with Gasteiger partial charge in [-0.2, -0.15) is 5.10 Å². The van der Waals surface area contributed by atoms with Crippen LogP contribution in [0.1, 0.15) is 20.2 Å². The fourth-order valence-corrected chi connectivity index (χ4v) is 2.30. The molecule has 2 N–H and O–H groups in total. The maximum absolute atomic E-state index is 12.0. The lowest BCUT2D eigenvalue weighted by molar-refractivity contribution is -0.127. The van der Waals surface area contributed by atoms with Crippen molar-refractivity contribution in [1.29, 1.82) is 0 Å². The number of anilines is 1. The largest absolute Gasteiger partial charge is 0.347 e. The Morgan fingerprint density at radius 1 is 1.30 bits per heavy atom. The van der Waals surface area contributed by atoms with Crippen molar-refractivity contribution in [3.8, 4) is 0 Å². The highest BCUT2D eigenvalue weighted by Gasteiger charge is 2.16. The first-order chi connectivity index (χ1) is 10.9. The zero-order valence-corrected chi connectivity index (χ0v) is 13.8. The zero-order chi connectivity index (χ0) is 17.0. The molecule has 0 radical (unpaired) electrons. The van der Waals surface area contributed by atoms with Gasteiger partial charge in [0.2, 0.25) is 5.91 Å². The number of aryl methyl sites for hydroxylation is 1. The summed E-state index contributed by atoms with van der Waals surface area (Å²) in [6, 6.07) is 4.95. The van der Waals surface area contributed by atoms with Gasteiger partial charge in [0.1, 0.15) is 5.82 Å². The molecule has 0 bridgehead atoms. The zero-order valence-electron chi connectivity index (χ0n) is 13.0. The van der Waals surface area contributed by atoms with E-state index in [0.29, 0.717) is 10.7 Å². The molecule has 0 spiro atoms. The van der Waals surface area contributed by atoms with Crippen LogP contribution in [0.2, 0.25) is 0 Å². The lowest BCUT2D eigenvalue weighted by Gasteiger charge is -2.09. The number of hydrogen-bond donors (Lipinski definition) is 2. The number of carbonyl (C=O) groups excluding carboxylic acids is 3. The van der Waals surface area contributed by atoms with Crippen molar-refractivity contribution in [3.05, 3.63) is 34.2 Å². The lowest BCUT2D eigenvalue weighted by atomic mass is 10.3. The Hall–Kier alpha value is -2.68. The Morgan fingerprint density at radius 2 is 2.04 bits per heavy atom. The summed E-state index contributed by atoms with van der Waals surface area (Å²) < 4.78 is 1.40. The van der Waals surface area contributed by atoms with Crippen molar-refractivity contribution in [2.75, 3.05) is 26.0 Å². The molecule has 2 aromatic heterocycles. The fourth-order valence-electron chi connectivity index (χ4n) is 1.69. The standard InChI is InChI=1S/C14H17N5O3S/c1-18(2)12(20)8-15-13(21)9-7-11(19(3)17-9)16-14(22)10-5-4-6-23-10/h4-7H,8H2,1-3H3,(H,15,21)(H,16,22). The van der Waals surface area contributed by atoms with Gasteiger partial charge in [0.25, 0.3) is 11.8 Å². The molecule has 0 aliphatic heterocycles. The highest BCUT2D eigenvalue weighted by Crippen LogP contribution is 2.14. The molecule has 3 amide bonds. The van der Waals surface area contributed by atoms with Crippen LogP contribution in [-0.2, 0) is 11.8 Å². The van der Waals surface area contributed by atoms with Gasteiger partial charge in [-0.15, -0.1) is 11.3 Å². The number of nitrogens with one attached hydrogen (secondary N) is 2. The Kier molecular flexibility index (Phi) is 5.12. The van der Waals surface area contributed by atoms with Crippen molar-refractivity contribution in [1.82, 2.24) is 20.0 Å². The summed E-state index contributed by atoms with van der Waals surface area (Å²) in [5, 5.41) is 11.0. The third-order valence-corrected chi connectivity index (χ3v) is 3.87.